The van der Waals surface area contributed by atoms with Crippen molar-refractivity contribution < 1.29 is 19.5 Å². The number of imide groups is 1. The van der Waals surface area contributed by atoms with Crippen LogP contribution in [0.1, 0.15) is 39.1 Å². The summed E-state index contributed by atoms with van der Waals surface area (Å²) in [6.07, 6.45) is 0. The zero-order valence-corrected chi connectivity index (χ0v) is 10.1. The van der Waals surface area contributed by atoms with Gasteiger partial charge in [0.2, 0.25) is 11.8 Å². The molecule has 1 fully saturated rings. The third-order valence-corrected chi connectivity index (χ3v) is 3.34. The molecule has 1 aliphatic heterocycles. The number of benzene rings is 1. The molecule has 0 aliphatic carbocycles. The van der Waals surface area contributed by atoms with Gasteiger partial charge in [-0.05, 0) is 24.3 Å². The summed E-state index contributed by atoms with van der Waals surface area (Å²) in [5.74, 6) is -2.19. The van der Waals surface area contributed by atoms with Crippen LogP contribution >= 0.6 is 0 Å². The summed E-state index contributed by atoms with van der Waals surface area (Å²) in [7, 11) is 0. The molecule has 0 bridgehead atoms. The minimum absolute atomic E-state index is 0. The predicted molar refractivity (Wildman–Crippen MR) is 77.7 cm³/mol. The lowest BCUT2D eigenvalue weighted by molar-refractivity contribution is -0.122. The van der Waals surface area contributed by atoms with E-state index in [0.29, 0.717) is 5.69 Å². The highest BCUT2D eigenvalue weighted by Gasteiger charge is 2.42. The standard InChI is InChI=1S/C13H13NO4.2CH4/c1-7-8(2)12(16)14(11(7)15)10-5-3-9(4-6-10)13(17)18;;/h3-8H,1-2H3,(H,17,18);2*1H4. The number of rotatable bonds is 2. The van der Waals surface area contributed by atoms with Gasteiger partial charge in [-0.3, -0.25) is 14.5 Å². The molecular formula is C15H21NO4. The molecule has 5 nitrogen and oxygen atoms in total. The lowest BCUT2D eigenvalue weighted by Crippen LogP contribution is -2.30. The number of carbonyl (C=O) groups excluding carboxylic acids is 2. The number of hydrogen-bond acceptors (Lipinski definition) is 3. The SMILES string of the molecule is C.C.CC1C(=O)N(c2ccc(C(=O)O)cc2)C(=O)C1C. The average molecular weight is 279 g/mol. The number of hydrogen-bond donors (Lipinski definition) is 1. The summed E-state index contributed by atoms with van der Waals surface area (Å²) in [6.45, 7) is 3.44. The average Bonchev–Trinajstić information content (AvgIpc) is 2.54. The van der Waals surface area contributed by atoms with E-state index in [2.05, 4.69) is 0 Å². The topological polar surface area (TPSA) is 74.7 Å². The van der Waals surface area contributed by atoms with Crippen LogP contribution < -0.4 is 4.90 Å². The van der Waals surface area contributed by atoms with Gasteiger partial charge in [0.25, 0.3) is 0 Å². The van der Waals surface area contributed by atoms with Crippen molar-refractivity contribution in [3.8, 4) is 0 Å². The van der Waals surface area contributed by atoms with E-state index in [1.807, 2.05) is 0 Å². The molecule has 2 unspecified atom stereocenters. The van der Waals surface area contributed by atoms with Crippen LogP contribution in [0.5, 0.6) is 0 Å². The van der Waals surface area contributed by atoms with Gasteiger partial charge in [0, 0.05) is 11.8 Å². The molecule has 1 saturated heterocycles. The summed E-state index contributed by atoms with van der Waals surface area (Å²) >= 11 is 0. The first-order valence-corrected chi connectivity index (χ1v) is 5.64. The third kappa shape index (κ3) is 2.71. The second-order valence-electron chi connectivity index (χ2n) is 4.44. The molecule has 0 saturated carbocycles. The van der Waals surface area contributed by atoms with E-state index >= 15 is 0 Å². The molecule has 0 radical (unpaired) electrons. The summed E-state index contributed by atoms with van der Waals surface area (Å²) in [4.78, 5) is 35.7. The fourth-order valence-electron chi connectivity index (χ4n) is 1.95. The van der Waals surface area contributed by atoms with Gasteiger partial charge in [-0.2, -0.15) is 0 Å². The molecule has 2 atom stereocenters. The maximum Gasteiger partial charge on any atom is 0.335 e. The van der Waals surface area contributed by atoms with Gasteiger partial charge in [0.05, 0.1) is 11.3 Å². The highest BCUT2D eigenvalue weighted by Crippen LogP contribution is 2.30. The largest absolute Gasteiger partial charge is 0.478 e. The van der Waals surface area contributed by atoms with Gasteiger partial charge >= 0.3 is 5.97 Å². The second-order valence-corrected chi connectivity index (χ2v) is 4.44. The number of carboxylic acid groups (broad SMARTS) is 1. The molecule has 110 valence electrons. The van der Waals surface area contributed by atoms with Crippen molar-refractivity contribution in [2.24, 2.45) is 11.8 Å². The van der Waals surface area contributed by atoms with E-state index in [-0.39, 0.29) is 44.1 Å². The van der Waals surface area contributed by atoms with E-state index < -0.39 is 5.97 Å². The van der Waals surface area contributed by atoms with Crippen molar-refractivity contribution in [1.82, 2.24) is 0 Å². The van der Waals surface area contributed by atoms with Gasteiger partial charge < -0.3 is 5.11 Å². The van der Waals surface area contributed by atoms with Crippen molar-refractivity contribution in [1.29, 1.82) is 0 Å². The smallest absolute Gasteiger partial charge is 0.335 e. The zero-order valence-electron chi connectivity index (χ0n) is 10.1. The monoisotopic (exact) mass is 279 g/mol. The van der Waals surface area contributed by atoms with E-state index in [4.69, 9.17) is 5.11 Å². The van der Waals surface area contributed by atoms with Crippen molar-refractivity contribution in [3.05, 3.63) is 29.8 Å². The van der Waals surface area contributed by atoms with Gasteiger partial charge in [0.1, 0.15) is 0 Å². The number of amides is 2. The van der Waals surface area contributed by atoms with Crippen molar-refractivity contribution in [3.63, 3.8) is 0 Å². The Morgan fingerprint density at radius 3 is 1.75 bits per heavy atom. The van der Waals surface area contributed by atoms with Crippen molar-refractivity contribution in [2.75, 3.05) is 4.90 Å². The number of carboxylic acids is 1. The molecule has 1 N–H and O–H groups in total. The fraction of sp³-hybridized carbons (Fsp3) is 0.400. The predicted octanol–water partition coefficient (Wildman–Crippen LogP) is 2.80. The maximum atomic E-state index is 11.9. The number of anilines is 1. The van der Waals surface area contributed by atoms with Crippen LogP contribution in [-0.4, -0.2) is 22.9 Å². The Hall–Kier alpha value is -2.17. The quantitative estimate of drug-likeness (QED) is 0.845. The van der Waals surface area contributed by atoms with Gasteiger partial charge in [0.15, 0.2) is 0 Å². The van der Waals surface area contributed by atoms with E-state index in [9.17, 15) is 14.4 Å². The molecule has 1 aromatic rings. The highest BCUT2D eigenvalue weighted by molar-refractivity contribution is 6.21. The number of carbonyl (C=O) groups is 3. The Morgan fingerprint density at radius 2 is 1.40 bits per heavy atom. The van der Waals surface area contributed by atoms with Crippen LogP contribution in [0, 0.1) is 11.8 Å². The van der Waals surface area contributed by atoms with Crippen LogP contribution in [0.15, 0.2) is 24.3 Å². The first-order valence-electron chi connectivity index (χ1n) is 5.64. The Balaban J connectivity index is 0.00000180. The molecule has 2 amide bonds. The summed E-state index contributed by atoms with van der Waals surface area (Å²) in [5, 5.41) is 8.78. The first kappa shape index (κ1) is 17.8. The van der Waals surface area contributed by atoms with Gasteiger partial charge in [-0.1, -0.05) is 28.7 Å². The van der Waals surface area contributed by atoms with Gasteiger partial charge in [-0.25, -0.2) is 4.79 Å². The molecule has 1 aromatic carbocycles. The molecule has 5 heteroatoms. The van der Waals surface area contributed by atoms with E-state index in [1.165, 1.54) is 24.3 Å². The molecule has 0 spiro atoms. The van der Waals surface area contributed by atoms with Crippen molar-refractivity contribution in [2.45, 2.75) is 28.7 Å². The molecule has 0 aromatic heterocycles. The summed E-state index contributed by atoms with van der Waals surface area (Å²) < 4.78 is 0. The lowest BCUT2D eigenvalue weighted by Gasteiger charge is -2.14. The molecule has 2 rings (SSSR count). The number of aromatic carboxylic acids is 1. The minimum Gasteiger partial charge on any atom is -0.478 e. The maximum absolute atomic E-state index is 11.9. The van der Waals surface area contributed by atoms with Crippen LogP contribution in [0.25, 0.3) is 0 Å². The Labute approximate surface area is 119 Å². The van der Waals surface area contributed by atoms with Gasteiger partial charge in [-0.15, -0.1) is 0 Å². The normalized spacial score (nSPS) is 21.2. The van der Waals surface area contributed by atoms with Crippen molar-refractivity contribution >= 4 is 23.5 Å². The lowest BCUT2D eigenvalue weighted by atomic mass is 10.00. The summed E-state index contributed by atoms with van der Waals surface area (Å²) in [6, 6.07) is 5.71. The summed E-state index contributed by atoms with van der Waals surface area (Å²) in [5.41, 5.74) is 0.546. The molecular weight excluding hydrogens is 258 g/mol. The first-order chi connectivity index (χ1) is 8.43. The third-order valence-electron chi connectivity index (χ3n) is 3.34. The van der Waals surface area contributed by atoms with Crippen LogP contribution in [0.2, 0.25) is 0 Å². The Morgan fingerprint density at radius 1 is 1.00 bits per heavy atom. The Bertz CT molecular complexity index is 501. The van der Waals surface area contributed by atoms with E-state index in [0.717, 1.165) is 4.90 Å². The Kier molecular flexibility index (Phi) is 5.64. The van der Waals surface area contributed by atoms with Crippen LogP contribution in [0.3, 0.4) is 0 Å². The minimum atomic E-state index is -1.04. The van der Waals surface area contributed by atoms with Crippen LogP contribution in [-0.2, 0) is 9.59 Å². The number of nitrogens with zero attached hydrogens (tertiary/aromatic N) is 1. The molecule has 1 heterocycles. The second kappa shape index (κ2) is 6.32. The molecule has 20 heavy (non-hydrogen) atoms. The highest BCUT2D eigenvalue weighted by atomic mass is 16.4. The fourth-order valence-corrected chi connectivity index (χ4v) is 1.95. The van der Waals surface area contributed by atoms with E-state index in [1.54, 1.807) is 13.8 Å². The van der Waals surface area contributed by atoms with Crippen LogP contribution in [0.4, 0.5) is 5.69 Å². The molecule has 1 aliphatic rings. The zero-order chi connectivity index (χ0) is 13.4.